The van der Waals surface area contributed by atoms with E-state index in [-0.39, 0.29) is 10.1 Å². The molecule has 3 nitrogen and oxygen atoms in total. The maximum absolute atomic E-state index is 12.6. The average Bonchev–Trinajstić information content (AvgIpc) is 2.26. The molecule has 0 aromatic heterocycles. The lowest BCUT2D eigenvalue weighted by atomic mass is 10.2. The quantitative estimate of drug-likeness (QED) is 0.481. The van der Waals surface area contributed by atoms with Crippen molar-refractivity contribution < 1.29 is 13.2 Å². The number of nitrogens with zero attached hydrogens (tertiary/aromatic N) is 1. The maximum Gasteiger partial charge on any atom is 0.417 e. The van der Waals surface area contributed by atoms with E-state index in [1.54, 1.807) is 0 Å². The summed E-state index contributed by atoms with van der Waals surface area (Å²) in [5, 5.41) is 1.70. The van der Waals surface area contributed by atoms with Crippen molar-refractivity contribution >= 4 is 50.5 Å². The number of thiocarbonyl (C=S) groups is 1. The molecule has 0 aliphatic carbocycles. The molecule has 1 aromatic rings. The molecular formula is C10H10BrClF3N3S. The molecule has 9 heteroatoms. The van der Waals surface area contributed by atoms with Gasteiger partial charge in [0.05, 0.1) is 16.3 Å². The van der Waals surface area contributed by atoms with Crippen molar-refractivity contribution in [2.45, 2.75) is 6.18 Å². The second kappa shape index (κ2) is 6.62. The highest BCUT2D eigenvalue weighted by molar-refractivity contribution is 9.09. The first-order chi connectivity index (χ1) is 8.75. The summed E-state index contributed by atoms with van der Waals surface area (Å²) in [6.07, 6.45) is -4.48. The second-order valence-corrected chi connectivity index (χ2v) is 5.12. The number of rotatable bonds is 4. The Balaban J connectivity index is 3.06. The number of anilines is 1. The molecule has 0 bridgehead atoms. The summed E-state index contributed by atoms with van der Waals surface area (Å²) in [4.78, 5) is 0. The Kier molecular flexibility index (Phi) is 5.69. The number of nitrogens with two attached hydrogens (primary N) is 1. The molecule has 106 valence electrons. The second-order valence-electron chi connectivity index (χ2n) is 3.48. The van der Waals surface area contributed by atoms with Crippen LogP contribution in [-0.4, -0.2) is 17.0 Å². The van der Waals surface area contributed by atoms with Crippen molar-refractivity contribution in [3.63, 3.8) is 0 Å². The topological polar surface area (TPSA) is 41.3 Å². The Labute approximate surface area is 127 Å². The van der Waals surface area contributed by atoms with E-state index >= 15 is 0 Å². The molecule has 1 rings (SSSR count). The first kappa shape index (κ1) is 16.3. The van der Waals surface area contributed by atoms with Gasteiger partial charge in [0.1, 0.15) is 0 Å². The Morgan fingerprint density at radius 3 is 2.53 bits per heavy atom. The minimum atomic E-state index is -4.48. The number of hydrogen-bond acceptors (Lipinski definition) is 2. The molecule has 0 aliphatic heterocycles. The summed E-state index contributed by atoms with van der Waals surface area (Å²) in [6, 6.07) is 3.42. The molecule has 0 unspecified atom stereocenters. The molecule has 0 radical (unpaired) electrons. The standard InChI is InChI=1S/C10H10BrClF3N3S/c11-3-4-18(17-9(16)19)6-1-2-7(8(12)5-6)10(13,14)15/h1-2,5H,3-4H2,(H3,16,17,19). The molecule has 3 N–H and O–H groups in total. The van der Waals surface area contributed by atoms with Crippen molar-refractivity contribution in [2.75, 3.05) is 16.9 Å². The van der Waals surface area contributed by atoms with Gasteiger partial charge in [0.2, 0.25) is 0 Å². The highest BCUT2D eigenvalue weighted by Crippen LogP contribution is 2.36. The lowest BCUT2D eigenvalue weighted by Gasteiger charge is -2.25. The van der Waals surface area contributed by atoms with Gasteiger partial charge in [-0.3, -0.25) is 10.4 Å². The van der Waals surface area contributed by atoms with Crippen molar-refractivity contribution in [3.8, 4) is 0 Å². The van der Waals surface area contributed by atoms with Gasteiger partial charge in [0, 0.05) is 11.9 Å². The number of benzene rings is 1. The zero-order chi connectivity index (χ0) is 14.6. The van der Waals surface area contributed by atoms with Gasteiger partial charge in [0.25, 0.3) is 0 Å². The highest BCUT2D eigenvalue weighted by Gasteiger charge is 2.33. The molecule has 0 saturated carbocycles. The molecule has 0 atom stereocenters. The number of hydrazine groups is 1. The van der Waals surface area contributed by atoms with Gasteiger partial charge in [-0.05, 0) is 30.4 Å². The van der Waals surface area contributed by atoms with Crippen molar-refractivity contribution in [1.82, 2.24) is 5.43 Å². The van der Waals surface area contributed by atoms with Gasteiger partial charge < -0.3 is 5.73 Å². The zero-order valence-electron chi connectivity index (χ0n) is 9.47. The van der Waals surface area contributed by atoms with Gasteiger partial charge in [-0.15, -0.1) is 0 Å². The molecule has 0 spiro atoms. The Morgan fingerprint density at radius 2 is 2.11 bits per heavy atom. The maximum atomic E-state index is 12.6. The lowest BCUT2D eigenvalue weighted by molar-refractivity contribution is -0.137. The molecule has 0 amide bonds. The van der Waals surface area contributed by atoms with Gasteiger partial charge in [-0.25, -0.2) is 0 Å². The van der Waals surface area contributed by atoms with Crippen LogP contribution in [0.25, 0.3) is 0 Å². The summed E-state index contributed by atoms with van der Waals surface area (Å²) in [6.45, 7) is 0.443. The Hall–Kier alpha value is -0.730. The normalized spacial score (nSPS) is 11.2. The van der Waals surface area contributed by atoms with E-state index in [9.17, 15) is 13.2 Å². The van der Waals surface area contributed by atoms with Gasteiger partial charge in [-0.2, -0.15) is 13.2 Å². The number of hydrogen-bond donors (Lipinski definition) is 2. The average molecular weight is 377 g/mol. The zero-order valence-corrected chi connectivity index (χ0v) is 12.6. The van der Waals surface area contributed by atoms with E-state index in [0.717, 1.165) is 6.07 Å². The highest BCUT2D eigenvalue weighted by atomic mass is 79.9. The van der Waals surface area contributed by atoms with Crippen LogP contribution >= 0.6 is 39.7 Å². The van der Waals surface area contributed by atoms with E-state index in [1.165, 1.54) is 17.1 Å². The van der Waals surface area contributed by atoms with Crippen LogP contribution in [0, 0.1) is 0 Å². The van der Waals surface area contributed by atoms with E-state index < -0.39 is 11.7 Å². The Morgan fingerprint density at radius 1 is 1.47 bits per heavy atom. The minimum Gasteiger partial charge on any atom is -0.375 e. The predicted molar refractivity (Wildman–Crippen MR) is 77.5 cm³/mol. The fourth-order valence-corrected chi connectivity index (χ4v) is 2.12. The molecule has 0 saturated heterocycles. The number of nitrogens with one attached hydrogen (secondary N) is 1. The van der Waals surface area contributed by atoms with Crippen LogP contribution in [0.4, 0.5) is 18.9 Å². The largest absolute Gasteiger partial charge is 0.417 e. The smallest absolute Gasteiger partial charge is 0.375 e. The summed E-state index contributed by atoms with van der Waals surface area (Å²) < 4.78 is 37.7. The molecule has 0 aliphatic rings. The van der Waals surface area contributed by atoms with Crippen LogP contribution in [0.3, 0.4) is 0 Å². The number of halogens is 5. The van der Waals surface area contributed by atoms with Crippen molar-refractivity contribution in [3.05, 3.63) is 28.8 Å². The van der Waals surface area contributed by atoms with Crippen LogP contribution in [0.5, 0.6) is 0 Å². The van der Waals surface area contributed by atoms with E-state index in [0.29, 0.717) is 17.6 Å². The van der Waals surface area contributed by atoms with Crippen LogP contribution in [-0.2, 0) is 6.18 Å². The lowest BCUT2D eigenvalue weighted by Crippen LogP contribution is -2.46. The Bertz CT molecular complexity index is 470. The minimum absolute atomic E-state index is 0.0111. The monoisotopic (exact) mass is 375 g/mol. The summed E-state index contributed by atoms with van der Waals surface area (Å²) >= 11 is 13.6. The van der Waals surface area contributed by atoms with Crippen LogP contribution in [0.2, 0.25) is 5.02 Å². The predicted octanol–water partition coefficient (Wildman–Crippen LogP) is 3.31. The first-order valence-corrected chi connectivity index (χ1v) is 6.93. The van der Waals surface area contributed by atoms with Crippen LogP contribution in [0.15, 0.2) is 18.2 Å². The fourth-order valence-electron chi connectivity index (χ4n) is 1.37. The molecule has 19 heavy (non-hydrogen) atoms. The molecule has 0 heterocycles. The first-order valence-electron chi connectivity index (χ1n) is 5.02. The third kappa shape index (κ3) is 4.70. The summed E-state index contributed by atoms with van der Waals surface area (Å²) in [5.74, 6) is 0. The molecule has 1 aromatic carbocycles. The fraction of sp³-hybridized carbons (Fsp3) is 0.300. The van der Waals surface area contributed by atoms with Gasteiger partial charge in [-0.1, -0.05) is 27.5 Å². The van der Waals surface area contributed by atoms with Crippen LogP contribution in [0.1, 0.15) is 5.56 Å². The van der Waals surface area contributed by atoms with Gasteiger partial charge in [0.15, 0.2) is 5.11 Å². The SMILES string of the molecule is NC(=S)NN(CCBr)c1ccc(C(F)(F)F)c(Cl)c1. The third-order valence-corrected chi connectivity index (χ3v) is 2.88. The van der Waals surface area contributed by atoms with Gasteiger partial charge >= 0.3 is 6.18 Å². The van der Waals surface area contributed by atoms with E-state index in [4.69, 9.17) is 29.6 Å². The molecule has 0 fully saturated rings. The van der Waals surface area contributed by atoms with Crippen molar-refractivity contribution in [1.29, 1.82) is 0 Å². The summed E-state index contributed by atoms with van der Waals surface area (Å²) in [5.41, 5.74) is 7.56. The van der Waals surface area contributed by atoms with Crippen molar-refractivity contribution in [2.24, 2.45) is 5.73 Å². The summed E-state index contributed by atoms with van der Waals surface area (Å²) in [7, 11) is 0. The molecular weight excluding hydrogens is 367 g/mol. The van der Waals surface area contributed by atoms with E-state index in [2.05, 4.69) is 21.4 Å². The van der Waals surface area contributed by atoms with Crippen LogP contribution < -0.4 is 16.2 Å². The number of alkyl halides is 4. The third-order valence-electron chi connectivity index (χ3n) is 2.12. The van der Waals surface area contributed by atoms with E-state index in [1.807, 2.05) is 0 Å².